The molecule has 88 valence electrons. The molecular formula is C12H17FN2O. The van der Waals surface area contributed by atoms with Crippen molar-refractivity contribution in [2.75, 3.05) is 13.6 Å². The maximum atomic E-state index is 13.0. The summed E-state index contributed by atoms with van der Waals surface area (Å²) in [6, 6.07) is 4.85. The number of hydrogen-bond acceptors (Lipinski definition) is 2. The molecule has 1 rings (SSSR count). The van der Waals surface area contributed by atoms with Crippen molar-refractivity contribution in [3.8, 4) is 0 Å². The number of halogens is 1. The lowest BCUT2D eigenvalue weighted by atomic mass is 10.1. The number of carbonyl (C=O) groups excluding carboxylic acids is 1. The quantitative estimate of drug-likeness (QED) is 0.793. The van der Waals surface area contributed by atoms with Crippen LogP contribution in [-0.4, -0.2) is 19.5 Å². The third-order valence-corrected chi connectivity index (χ3v) is 2.31. The van der Waals surface area contributed by atoms with Gasteiger partial charge in [0.1, 0.15) is 5.82 Å². The van der Waals surface area contributed by atoms with E-state index in [-0.39, 0.29) is 11.7 Å². The van der Waals surface area contributed by atoms with Crippen molar-refractivity contribution in [3.05, 3.63) is 35.1 Å². The van der Waals surface area contributed by atoms with E-state index in [1.165, 1.54) is 6.07 Å². The minimum Gasteiger partial charge on any atom is -0.352 e. The number of nitrogens with one attached hydrogen (secondary N) is 2. The van der Waals surface area contributed by atoms with Gasteiger partial charge in [-0.25, -0.2) is 4.39 Å². The minimum absolute atomic E-state index is 0.00340. The van der Waals surface area contributed by atoms with Crippen LogP contribution in [0.5, 0.6) is 0 Å². The summed E-state index contributed by atoms with van der Waals surface area (Å²) in [6.07, 6.45) is 0.455. The van der Waals surface area contributed by atoms with Crippen LogP contribution in [0.3, 0.4) is 0 Å². The first-order chi connectivity index (χ1) is 7.63. The first-order valence-corrected chi connectivity index (χ1v) is 5.30. The molecule has 0 radical (unpaired) electrons. The maximum Gasteiger partial charge on any atom is 0.221 e. The molecule has 3 nitrogen and oxygen atoms in total. The number of carbonyl (C=O) groups is 1. The average molecular weight is 224 g/mol. The summed E-state index contributed by atoms with van der Waals surface area (Å²) in [4.78, 5) is 11.3. The van der Waals surface area contributed by atoms with E-state index in [0.29, 0.717) is 25.1 Å². The van der Waals surface area contributed by atoms with Crippen molar-refractivity contribution < 1.29 is 9.18 Å². The fourth-order valence-electron chi connectivity index (χ4n) is 1.34. The first-order valence-electron chi connectivity index (χ1n) is 5.30. The van der Waals surface area contributed by atoms with E-state index < -0.39 is 0 Å². The molecule has 0 saturated carbocycles. The Bertz CT molecular complexity index is 366. The molecule has 4 heteroatoms. The molecule has 0 bridgehead atoms. The molecule has 0 aliphatic carbocycles. The highest BCUT2D eigenvalue weighted by atomic mass is 19.1. The highest BCUT2D eigenvalue weighted by molar-refractivity contribution is 5.76. The van der Waals surface area contributed by atoms with Crippen LogP contribution in [-0.2, 0) is 11.3 Å². The Morgan fingerprint density at radius 1 is 1.44 bits per heavy atom. The van der Waals surface area contributed by atoms with E-state index in [4.69, 9.17) is 0 Å². The van der Waals surface area contributed by atoms with Crippen LogP contribution in [0.1, 0.15) is 17.5 Å². The molecule has 0 spiro atoms. The Morgan fingerprint density at radius 2 is 2.19 bits per heavy atom. The molecule has 0 aromatic heterocycles. The van der Waals surface area contributed by atoms with Crippen LogP contribution in [0.15, 0.2) is 18.2 Å². The summed E-state index contributed by atoms with van der Waals surface area (Å²) in [5.74, 6) is -0.221. The van der Waals surface area contributed by atoms with E-state index in [1.807, 2.05) is 0 Å². The van der Waals surface area contributed by atoms with Gasteiger partial charge in [0.25, 0.3) is 0 Å². The average Bonchev–Trinajstić information content (AvgIpc) is 2.28. The van der Waals surface area contributed by atoms with Crippen molar-refractivity contribution in [2.45, 2.75) is 19.9 Å². The van der Waals surface area contributed by atoms with Gasteiger partial charge in [-0.1, -0.05) is 12.1 Å². The lowest BCUT2D eigenvalue weighted by Crippen LogP contribution is -2.26. The molecule has 16 heavy (non-hydrogen) atoms. The predicted octanol–water partition coefficient (Wildman–Crippen LogP) is 1.36. The third-order valence-electron chi connectivity index (χ3n) is 2.31. The monoisotopic (exact) mass is 224 g/mol. The lowest BCUT2D eigenvalue weighted by Gasteiger charge is -2.06. The summed E-state index contributed by atoms with van der Waals surface area (Å²) in [5, 5.41) is 5.68. The summed E-state index contributed by atoms with van der Waals surface area (Å²) in [6.45, 7) is 2.82. The van der Waals surface area contributed by atoms with Gasteiger partial charge >= 0.3 is 0 Å². The molecule has 1 amide bonds. The number of amides is 1. The molecule has 2 N–H and O–H groups in total. The number of aryl methyl sites for hydroxylation is 1. The van der Waals surface area contributed by atoms with Gasteiger partial charge in [0.05, 0.1) is 0 Å². The van der Waals surface area contributed by atoms with Gasteiger partial charge in [0.2, 0.25) is 5.91 Å². The van der Waals surface area contributed by atoms with Gasteiger partial charge in [-0.3, -0.25) is 4.79 Å². The molecular weight excluding hydrogens is 207 g/mol. The van der Waals surface area contributed by atoms with Crippen molar-refractivity contribution in [3.63, 3.8) is 0 Å². The second-order valence-corrected chi connectivity index (χ2v) is 3.71. The second kappa shape index (κ2) is 6.23. The summed E-state index contributed by atoms with van der Waals surface area (Å²) >= 11 is 0. The van der Waals surface area contributed by atoms with Crippen molar-refractivity contribution in [1.82, 2.24) is 10.6 Å². The Hall–Kier alpha value is -1.42. The molecule has 1 aromatic carbocycles. The van der Waals surface area contributed by atoms with Crippen LogP contribution < -0.4 is 10.6 Å². The van der Waals surface area contributed by atoms with Crippen molar-refractivity contribution in [2.24, 2.45) is 0 Å². The minimum atomic E-state index is -0.217. The maximum absolute atomic E-state index is 13.0. The Labute approximate surface area is 95.0 Å². The molecule has 1 aromatic rings. The highest BCUT2D eigenvalue weighted by Crippen LogP contribution is 2.08. The van der Waals surface area contributed by atoms with Gasteiger partial charge in [-0.05, 0) is 31.2 Å². The fourth-order valence-corrected chi connectivity index (χ4v) is 1.34. The molecule has 0 heterocycles. The molecule has 0 atom stereocenters. The Balaban J connectivity index is 2.42. The molecule has 0 unspecified atom stereocenters. The van der Waals surface area contributed by atoms with E-state index in [9.17, 15) is 9.18 Å². The van der Waals surface area contributed by atoms with Crippen LogP contribution >= 0.6 is 0 Å². The van der Waals surface area contributed by atoms with Crippen LogP contribution in [0.25, 0.3) is 0 Å². The molecule has 0 saturated heterocycles. The largest absolute Gasteiger partial charge is 0.352 e. The zero-order valence-corrected chi connectivity index (χ0v) is 9.64. The van der Waals surface area contributed by atoms with Crippen LogP contribution in [0.2, 0.25) is 0 Å². The fraction of sp³-hybridized carbons (Fsp3) is 0.417. The van der Waals surface area contributed by atoms with E-state index in [2.05, 4.69) is 10.6 Å². The van der Waals surface area contributed by atoms with E-state index in [0.717, 1.165) is 5.56 Å². The highest BCUT2D eigenvalue weighted by Gasteiger charge is 2.02. The van der Waals surface area contributed by atoms with Gasteiger partial charge in [0, 0.05) is 19.5 Å². The number of rotatable bonds is 5. The van der Waals surface area contributed by atoms with Gasteiger partial charge in [-0.2, -0.15) is 0 Å². The summed E-state index contributed by atoms with van der Waals surface area (Å²) < 4.78 is 13.0. The number of benzene rings is 1. The molecule has 0 aliphatic rings. The van der Waals surface area contributed by atoms with E-state index in [1.54, 1.807) is 26.1 Å². The van der Waals surface area contributed by atoms with Crippen LogP contribution in [0, 0.1) is 12.7 Å². The number of hydrogen-bond donors (Lipinski definition) is 2. The SMILES string of the molecule is CNCCC(=O)NCc1ccc(F)c(C)c1. The summed E-state index contributed by atoms with van der Waals surface area (Å²) in [7, 11) is 1.80. The predicted molar refractivity (Wildman–Crippen MR) is 61.5 cm³/mol. The second-order valence-electron chi connectivity index (χ2n) is 3.71. The van der Waals surface area contributed by atoms with Gasteiger partial charge in [-0.15, -0.1) is 0 Å². The molecule has 0 fully saturated rings. The topological polar surface area (TPSA) is 41.1 Å². The first kappa shape index (κ1) is 12.6. The Kier molecular flexibility index (Phi) is 4.92. The standard InChI is InChI=1S/C12H17FN2O/c1-9-7-10(3-4-11(9)13)8-15-12(16)5-6-14-2/h3-4,7,14H,5-6,8H2,1-2H3,(H,15,16). The van der Waals surface area contributed by atoms with Gasteiger partial charge in [0.15, 0.2) is 0 Å². The van der Waals surface area contributed by atoms with Gasteiger partial charge < -0.3 is 10.6 Å². The summed E-state index contributed by atoms with van der Waals surface area (Å²) in [5.41, 5.74) is 1.51. The molecule has 0 aliphatic heterocycles. The third kappa shape index (κ3) is 3.98. The lowest BCUT2D eigenvalue weighted by molar-refractivity contribution is -0.121. The van der Waals surface area contributed by atoms with Crippen LogP contribution in [0.4, 0.5) is 4.39 Å². The Morgan fingerprint density at radius 3 is 2.81 bits per heavy atom. The van der Waals surface area contributed by atoms with Crippen molar-refractivity contribution in [1.29, 1.82) is 0 Å². The smallest absolute Gasteiger partial charge is 0.221 e. The van der Waals surface area contributed by atoms with E-state index >= 15 is 0 Å². The normalized spacial score (nSPS) is 10.2. The van der Waals surface area contributed by atoms with Crippen molar-refractivity contribution >= 4 is 5.91 Å². The zero-order chi connectivity index (χ0) is 12.0. The zero-order valence-electron chi connectivity index (χ0n) is 9.64.